The summed E-state index contributed by atoms with van der Waals surface area (Å²) in [6.45, 7) is 2.96. The maximum Gasteiger partial charge on any atom is 0.251 e. The van der Waals surface area contributed by atoms with Crippen LogP contribution < -0.4 is 10.1 Å². The Morgan fingerprint density at radius 2 is 1.85 bits per heavy atom. The Hall–Kier alpha value is -2.53. The number of benzene rings is 2. The third-order valence-corrected chi connectivity index (χ3v) is 4.28. The summed E-state index contributed by atoms with van der Waals surface area (Å²) in [6.07, 6.45) is 0.724. The zero-order chi connectivity index (χ0) is 18.9. The molecule has 0 aliphatic heterocycles. The normalized spacial score (nSPS) is 10.3. The van der Waals surface area contributed by atoms with Crippen LogP contribution in [0.5, 0.6) is 5.75 Å². The Labute approximate surface area is 158 Å². The van der Waals surface area contributed by atoms with Crippen LogP contribution in [-0.2, 0) is 11.2 Å². The summed E-state index contributed by atoms with van der Waals surface area (Å²) >= 11 is 5.82. The van der Waals surface area contributed by atoms with Crippen LogP contribution in [0.4, 0.5) is 0 Å². The van der Waals surface area contributed by atoms with Gasteiger partial charge in [-0.1, -0.05) is 23.7 Å². The van der Waals surface area contributed by atoms with Crippen molar-refractivity contribution >= 4 is 23.4 Å². The molecular weight excluding hydrogens is 352 g/mol. The molecule has 2 rings (SSSR count). The van der Waals surface area contributed by atoms with Crippen molar-refractivity contribution in [2.75, 3.05) is 26.7 Å². The first-order chi connectivity index (χ1) is 12.5. The summed E-state index contributed by atoms with van der Waals surface area (Å²) in [5.41, 5.74) is 1.64. The smallest absolute Gasteiger partial charge is 0.251 e. The second kappa shape index (κ2) is 9.82. The van der Waals surface area contributed by atoms with Gasteiger partial charge in [0.2, 0.25) is 5.91 Å². The van der Waals surface area contributed by atoms with Crippen LogP contribution >= 0.6 is 11.6 Å². The minimum atomic E-state index is -0.182. The van der Waals surface area contributed by atoms with Gasteiger partial charge in [0.15, 0.2) is 0 Å². The molecule has 2 amide bonds. The molecule has 0 saturated heterocycles. The number of rotatable bonds is 8. The SMILES string of the molecule is COc1cccc(CCN(CCNC(=O)c2ccc(Cl)cc2)C(C)=O)c1. The van der Waals surface area contributed by atoms with Gasteiger partial charge in [0.1, 0.15) is 5.75 Å². The molecule has 0 aliphatic rings. The summed E-state index contributed by atoms with van der Waals surface area (Å²) in [4.78, 5) is 25.7. The number of nitrogens with zero attached hydrogens (tertiary/aromatic N) is 1. The highest BCUT2D eigenvalue weighted by atomic mass is 35.5. The van der Waals surface area contributed by atoms with E-state index < -0.39 is 0 Å². The Morgan fingerprint density at radius 3 is 2.50 bits per heavy atom. The Bertz CT molecular complexity index is 747. The van der Waals surface area contributed by atoms with Crippen molar-refractivity contribution < 1.29 is 14.3 Å². The number of hydrogen-bond acceptors (Lipinski definition) is 3. The molecule has 0 aromatic heterocycles. The lowest BCUT2D eigenvalue weighted by molar-refractivity contribution is -0.128. The maximum atomic E-state index is 12.1. The molecular formula is C20H23ClN2O3. The Kier molecular flexibility index (Phi) is 7.48. The van der Waals surface area contributed by atoms with Gasteiger partial charge in [0.25, 0.3) is 5.91 Å². The highest BCUT2D eigenvalue weighted by Crippen LogP contribution is 2.13. The van der Waals surface area contributed by atoms with Gasteiger partial charge in [0.05, 0.1) is 7.11 Å². The summed E-state index contributed by atoms with van der Waals surface area (Å²) in [5, 5.41) is 3.41. The lowest BCUT2D eigenvalue weighted by Gasteiger charge is -2.21. The number of carbonyl (C=O) groups excluding carboxylic acids is 2. The quantitative estimate of drug-likeness (QED) is 0.772. The minimum absolute atomic E-state index is 0.0198. The van der Waals surface area contributed by atoms with Crippen molar-refractivity contribution in [1.29, 1.82) is 0 Å². The molecule has 0 aliphatic carbocycles. The van der Waals surface area contributed by atoms with Crippen molar-refractivity contribution in [2.24, 2.45) is 0 Å². The van der Waals surface area contributed by atoms with Crippen molar-refractivity contribution in [3.63, 3.8) is 0 Å². The minimum Gasteiger partial charge on any atom is -0.497 e. The molecule has 0 spiro atoms. The van der Waals surface area contributed by atoms with Crippen molar-refractivity contribution in [1.82, 2.24) is 10.2 Å². The molecule has 0 radical (unpaired) electrons. The predicted octanol–water partition coefficient (Wildman–Crippen LogP) is 3.17. The van der Waals surface area contributed by atoms with E-state index in [-0.39, 0.29) is 11.8 Å². The van der Waals surface area contributed by atoms with Crippen LogP contribution in [0.1, 0.15) is 22.8 Å². The fraction of sp³-hybridized carbons (Fsp3) is 0.300. The molecule has 2 aromatic carbocycles. The van der Waals surface area contributed by atoms with Gasteiger partial charge >= 0.3 is 0 Å². The van der Waals surface area contributed by atoms with Gasteiger partial charge in [-0.2, -0.15) is 0 Å². The lowest BCUT2D eigenvalue weighted by atomic mass is 10.1. The molecule has 0 unspecified atom stereocenters. The summed E-state index contributed by atoms with van der Waals surface area (Å²) in [6, 6.07) is 14.5. The van der Waals surface area contributed by atoms with Gasteiger partial charge in [-0.3, -0.25) is 9.59 Å². The number of nitrogens with one attached hydrogen (secondary N) is 1. The van der Waals surface area contributed by atoms with Gasteiger partial charge < -0.3 is 15.0 Å². The van der Waals surface area contributed by atoms with E-state index in [1.165, 1.54) is 6.92 Å². The van der Waals surface area contributed by atoms with E-state index in [0.717, 1.165) is 17.7 Å². The van der Waals surface area contributed by atoms with E-state index in [1.54, 1.807) is 36.3 Å². The van der Waals surface area contributed by atoms with Gasteiger partial charge in [-0.15, -0.1) is 0 Å². The van der Waals surface area contributed by atoms with Gasteiger partial charge in [0, 0.05) is 37.1 Å². The first-order valence-corrected chi connectivity index (χ1v) is 8.79. The van der Waals surface area contributed by atoms with Crippen LogP contribution in [0.15, 0.2) is 48.5 Å². The van der Waals surface area contributed by atoms with Crippen molar-refractivity contribution in [2.45, 2.75) is 13.3 Å². The summed E-state index contributed by atoms with van der Waals surface area (Å²) in [7, 11) is 1.63. The summed E-state index contributed by atoms with van der Waals surface area (Å²) in [5.74, 6) is 0.596. The highest BCUT2D eigenvalue weighted by Gasteiger charge is 2.10. The standard InChI is InChI=1S/C20H23ClN2O3/c1-15(24)23(12-10-16-4-3-5-19(14-16)26-2)13-11-22-20(25)17-6-8-18(21)9-7-17/h3-9,14H,10-13H2,1-2H3,(H,22,25). The van der Waals surface area contributed by atoms with Crippen molar-refractivity contribution in [3.05, 3.63) is 64.7 Å². The van der Waals surface area contributed by atoms with E-state index in [4.69, 9.17) is 16.3 Å². The highest BCUT2D eigenvalue weighted by molar-refractivity contribution is 6.30. The van der Waals surface area contributed by atoms with E-state index in [9.17, 15) is 9.59 Å². The summed E-state index contributed by atoms with van der Waals surface area (Å²) < 4.78 is 5.21. The van der Waals surface area contributed by atoms with Crippen LogP contribution in [0.2, 0.25) is 5.02 Å². The zero-order valence-corrected chi connectivity index (χ0v) is 15.8. The number of methoxy groups -OCH3 is 1. The molecule has 6 heteroatoms. The van der Waals surface area contributed by atoms with E-state index in [0.29, 0.717) is 30.2 Å². The molecule has 0 fully saturated rings. The zero-order valence-electron chi connectivity index (χ0n) is 15.0. The molecule has 1 N–H and O–H groups in total. The molecule has 5 nitrogen and oxygen atoms in total. The topological polar surface area (TPSA) is 58.6 Å². The van der Waals surface area contributed by atoms with Crippen LogP contribution in [0, 0.1) is 0 Å². The van der Waals surface area contributed by atoms with E-state index in [2.05, 4.69) is 5.32 Å². The molecule has 0 atom stereocenters. The molecule has 138 valence electrons. The van der Waals surface area contributed by atoms with Gasteiger partial charge in [-0.25, -0.2) is 0 Å². The first-order valence-electron chi connectivity index (χ1n) is 8.42. The lowest BCUT2D eigenvalue weighted by Crippen LogP contribution is -2.38. The second-order valence-electron chi connectivity index (χ2n) is 5.87. The predicted molar refractivity (Wildman–Crippen MR) is 103 cm³/mol. The molecule has 0 bridgehead atoms. The third-order valence-electron chi connectivity index (χ3n) is 4.02. The van der Waals surface area contributed by atoms with Gasteiger partial charge in [-0.05, 0) is 48.4 Å². The average molecular weight is 375 g/mol. The fourth-order valence-electron chi connectivity index (χ4n) is 2.53. The first kappa shape index (κ1) is 19.8. The Balaban J connectivity index is 1.83. The maximum absolute atomic E-state index is 12.1. The number of halogens is 1. The van der Waals surface area contributed by atoms with Crippen LogP contribution in [-0.4, -0.2) is 43.5 Å². The fourth-order valence-corrected chi connectivity index (χ4v) is 2.65. The van der Waals surface area contributed by atoms with Crippen molar-refractivity contribution in [3.8, 4) is 5.75 Å². The van der Waals surface area contributed by atoms with E-state index >= 15 is 0 Å². The monoisotopic (exact) mass is 374 g/mol. The number of carbonyl (C=O) groups is 2. The number of amides is 2. The molecule has 0 heterocycles. The molecule has 26 heavy (non-hydrogen) atoms. The largest absolute Gasteiger partial charge is 0.497 e. The Morgan fingerprint density at radius 1 is 1.12 bits per heavy atom. The molecule has 2 aromatic rings. The number of hydrogen-bond donors (Lipinski definition) is 1. The van der Waals surface area contributed by atoms with Crippen LogP contribution in [0.3, 0.4) is 0 Å². The average Bonchev–Trinajstić information content (AvgIpc) is 2.64. The van der Waals surface area contributed by atoms with Crippen LogP contribution in [0.25, 0.3) is 0 Å². The third kappa shape index (κ3) is 6.08. The molecule has 0 saturated carbocycles. The number of ether oxygens (including phenoxy) is 1. The second-order valence-corrected chi connectivity index (χ2v) is 6.31. The van der Waals surface area contributed by atoms with E-state index in [1.807, 2.05) is 24.3 Å².